The number of nitrogens with one attached hydrogen (secondary N) is 3. The molecule has 0 radical (unpaired) electrons. The molecule has 2 fully saturated rings. The number of carbonyl (C=O) groups is 2. The van der Waals surface area contributed by atoms with Crippen molar-refractivity contribution in [3.63, 3.8) is 0 Å². The van der Waals surface area contributed by atoms with E-state index in [9.17, 15) is 9.59 Å². The van der Waals surface area contributed by atoms with E-state index in [1.54, 1.807) is 0 Å². The summed E-state index contributed by atoms with van der Waals surface area (Å²) in [5, 5.41) is 12.6. The summed E-state index contributed by atoms with van der Waals surface area (Å²) >= 11 is 1.90. The van der Waals surface area contributed by atoms with Crippen molar-refractivity contribution in [1.82, 2.24) is 16.0 Å². The van der Waals surface area contributed by atoms with Gasteiger partial charge in [-0.25, -0.2) is 4.79 Å². The molecule has 0 unspecified atom stereocenters. The van der Waals surface area contributed by atoms with Crippen LogP contribution < -0.4 is 16.0 Å². The van der Waals surface area contributed by atoms with Crippen LogP contribution in [-0.2, 0) is 23.7 Å². The fourth-order valence-electron chi connectivity index (χ4n) is 3.54. The molecule has 0 aliphatic carbocycles. The summed E-state index contributed by atoms with van der Waals surface area (Å²) in [6, 6.07) is 0.422. The summed E-state index contributed by atoms with van der Waals surface area (Å²) < 4.78 is 21.4. The molecule has 0 bridgehead atoms. The van der Waals surface area contributed by atoms with Crippen LogP contribution in [0, 0.1) is 0 Å². The first kappa shape index (κ1) is 27.5. The number of carbonyl (C=O) groups excluding carboxylic acids is 2. The highest BCUT2D eigenvalue weighted by Crippen LogP contribution is 2.33. The Morgan fingerprint density at radius 1 is 1.03 bits per heavy atom. The third kappa shape index (κ3) is 12.3. The molecule has 0 spiro atoms. The van der Waals surface area contributed by atoms with E-state index < -0.39 is 0 Å². The molecule has 188 valence electrons. The third-order valence-corrected chi connectivity index (χ3v) is 6.67. The number of unbranched alkanes of at least 4 members (excludes halogenated alkanes) is 1. The van der Waals surface area contributed by atoms with Gasteiger partial charge in [0.2, 0.25) is 5.91 Å². The first-order valence-corrected chi connectivity index (χ1v) is 12.5. The molecule has 33 heavy (non-hydrogen) atoms. The lowest BCUT2D eigenvalue weighted by Crippen LogP contribution is -2.36. The molecule has 0 aromatic carbocycles. The van der Waals surface area contributed by atoms with Gasteiger partial charge in [-0.05, 0) is 18.4 Å². The zero-order valence-corrected chi connectivity index (χ0v) is 19.9. The van der Waals surface area contributed by atoms with Crippen LogP contribution in [0.25, 0.3) is 10.4 Å². The Labute approximate surface area is 198 Å². The van der Waals surface area contributed by atoms with E-state index in [1.807, 2.05) is 11.8 Å². The number of rotatable bonds is 20. The largest absolute Gasteiger partial charge is 0.379 e. The summed E-state index contributed by atoms with van der Waals surface area (Å²) in [6.45, 7) is 4.45. The van der Waals surface area contributed by atoms with Crippen LogP contribution in [0.15, 0.2) is 5.11 Å². The Balaban J connectivity index is 1.28. The standard InChI is InChI=1S/C20H36N6O6S/c21-26-23-6-8-30-10-12-32-14-13-31-11-9-29-7-5-22-18(27)4-2-1-3-17-19-16(15-33-17)24-20(28)25-19/h16-17,19H,1-15H2,(H,22,27)(H2,24,25,28)/t16-,17-,19-/m0/s1. The summed E-state index contributed by atoms with van der Waals surface area (Å²) in [7, 11) is 0. The number of amides is 3. The van der Waals surface area contributed by atoms with Gasteiger partial charge in [-0.1, -0.05) is 11.5 Å². The molecule has 3 atom stereocenters. The summed E-state index contributed by atoms with van der Waals surface area (Å²) in [6.07, 6.45) is 3.35. The Hall–Kier alpha value is -1.76. The predicted molar refractivity (Wildman–Crippen MR) is 124 cm³/mol. The fourth-order valence-corrected chi connectivity index (χ4v) is 5.08. The first-order valence-electron chi connectivity index (χ1n) is 11.5. The SMILES string of the molecule is [N-]=[N+]=NCCOCCOCCOCCOCCNC(=O)CCCC[C@@H]1SC[C@@H]2NC(=O)N[C@@H]21. The average molecular weight is 489 g/mol. The summed E-state index contributed by atoms with van der Waals surface area (Å²) in [5.74, 6) is 1.01. The van der Waals surface area contributed by atoms with Gasteiger partial charge >= 0.3 is 6.03 Å². The van der Waals surface area contributed by atoms with Crippen molar-refractivity contribution < 1.29 is 28.5 Å². The van der Waals surface area contributed by atoms with Crippen molar-refractivity contribution in [3.05, 3.63) is 10.4 Å². The molecule has 0 saturated carbocycles. The molecule has 3 N–H and O–H groups in total. The van der Waals surface area contributed by atoms with Gasteiger partial charge < -0.3 is 34.9 Å². The fraction of sp³-hybridized carbons (Fsp3) is 0.900. The maximum absolute atomic E-state index is 11.9. The van der Waals surface area contributed by atoms with E-state index in [4.69, 9.17) is 24.5 Å². The van der Waals surface area contributed by atoms with Crippen LogP contribution >= 0.6 is 11.8 Å². The smallest absolute Gasteiger partial charge is 0.315 e. The van der Waals surface area contributed by atoms with E-state index >= 15 is 0 Å². The van der Waals surface area contributed by atoms with E-state index in [-0.39, 0.29) is 24.0 Å². The number of urea groups is 1. The Bertz CT molecular complexity index is 624. The van der Waals surface area contributed by atoms with Crippen molar-refractivity contribution in [2.24, 2.45) is 5.11 Å². The lowest BCUT2D eigenvalue weighted by molar-refractivity contribution is -0.121. The maximum Gasteiger partial charge on any atom is 0.315 e. The Morgan fingerprint density at radius 3 is 2.39 bits per heavy atom. The summed E-state index contributed by atoms with van der Waals surface area (Å²) in [4.78, 5) is 25.9. The highest BCUT2D eigenvalue weighted by Gasteiger charge is 2.42. The highest BCUT2D eigenvalue weighted by atomic mass is 32.2. The molecule has 2 rings (SSSR count). The predicted octanol–water partition coefficient (Wildman–Crippen LogP) is 1.21. The third-order valence-electron chi connectivity index (χ3n) is 5.16. The van der Waals surface area contributed by atoms with Crippen LogP contribution in [-0.4, -0.2) is 101 Å². The molecule has 2 heterocycles. The zero-order valence-electron chi connectivity index (χ0n) is 19.0. The van der Waals surface area contributed by atoms with Gasteiger partial charge in [0, 0.05) is 35.4 Å². The number of nitrogens with zero attached hydrogens (tertiary/aromatic N) is 3. The number of ether oxygens (including phenoxy) is 4. The minimum Gasteiger partial charge on any atom is -0.379 e. The highest BCUT2D eigenvalue weighted by molar-refractivity contribution is 8.00. The second kappa shape index (κ2) is 17.7. The number of hydrogen-bond donors (Lipinski definition) is 3. The van der Waals surface area contributed by atoms with Crippen LogP contribution in [0.5, 0.6) is 0 Å². The van der Waals surface area contributed by atoms with Crippen molar-refractivity contribution in [3.8, 4) is 0 Å². The monoisotopic (exact) mass is 488 g/mol. The van der Waals surface area contributed by atoms with Gasteiger partial charge in [0.15, 0.2) is 0 Å². The van der Waals surface area contributed by atoms with Crippen molar-refractivity contribution in [2.75, 3.05) is 71.7 Å². The lowest BCUT2D eigenvalue weighted by atomic mass is 10.0. The quantitative estimate of drug-likeness (QED) is 0.0764. The minimum absolute atomic E-state index is 0.0431. The molecule has 0 aromatic rings. The molecular formula is C20H36N6O6S. The molecule has 13 heteroatoms. The van der Waals surface area contributed by atoms with E-state index in [0.717, 1.165) is 25.0 Å². The van der Waals surface area contributed by atoms with E-state index in [1.165, 1.54) is 0 Å². The van der Waals surface area contributed by atoms with Crippen molar-refractivity contribution >= 4 is 23.7 Å². The van der Waals surface area contributed by atoms with Gasteiger partial charge in [-0.2, -0.15) is 11.8 Å². The molecule has 0 aromatic heterocycles. The van der Waals surface area contributed by atoms with Crippen LogP contribution in [0.1, 0.15) is 25.7 Å². The zero-order chi connectivity index (χ0) is 23.6. The van der Waals surface area contributed by atoms with Gasteiger partial charge in [-0.3, -0.25) is 4.79 Å². The maximum atomic E-state index is 11.9. The van der Waals surface area contributed by atoms with Gasteiger partial charge in [0.25, 0.3) is 0 Å². The number of azide groups is 1. The molecule has 2 aliphatic heterocycles. The van der Waals surface area contributed by atoms with Crippen LogP contribution in [0.4, 0.5) is 4.79 Å². The number of fused-ring (bicyclic) bond motifs is 1. The lowest BCUT2D eigenvalue weighted by Gasteiger charge is -2.16. The van der Waals surface area contributed by atoms with E-state index in [0.29, 0.717) is 77.6 Å². The second-order valence-corrected chi connectivity index (χ2v) is 8.89. The molecular weight excluding hydrogens is 452 g/mol. The van der Waals surface area contributed by atoms with Crippen molar-refractivity contribution in [2.45, 2.75) is 43.0 Å². The summed E-state index contributed by atoms with van der Waals surface area (Å²) in [5.41, 5.74) is 8.11. The van der Waals surface area contributed by atoms with Gasteiger partial charge in [-0.15, -0.1) is 0 Å². The Morgan fingerprint density at radius 2 is 1.70 bits per heavy atom. The molecule has 3 amide bonds. The topological polar surface area (TPSA) is 156 Å². The number of hydrogen-bond acceptors (Lipinski definition) is 8. The van der Waals surface area contributed by atoms with E-state index in [2.05, 4.69) is 26.0 Å². The Kier molecular flexibility index (Phi) is 14.7. The van der Waals surface area contributed by atoms with Crippen LogP contribution in [0.2, 0.25) is 0 Å². The van der Waals surface area contributed by atoms with Crippen LogP contribution in [0.3, 0.4) is 0 Å². The normalized spacial score (nSPS) is 21.2. The first-order chi connectivity index (χ1) is 16.2. The number of thioether (sulfide) groups is 1. The second-order valence-electron chi connectivity index (χ2n) is 7.62. The average Bonchev–Trinajstić information content (AvgIpc) is 3.35. The van der Waals surface area contributed by atoms with Gasteiger partial charge in [0.1, 0.15) is 0 Å². The molecule has 2 aliphatic rings. The van der Waals surface area contributed by atoms with Crippen molar-refractivity contribution in [1.29, 1.82) is 0 Å². The molecule has 12 nitrogen and oxygen atoms in total. The van der Waals surface area contributed by atoms with Gasteiger partial charge in [0.05, 0.1) is 64.9 Å². The molecule has 2 saturated heterocycles. The minimum atomic E-state index is -0.0594.